The average molecular weight is 309 g/mol. The molecular weight excluding hydrogens is 289 g/mol. The van der Waals surface area contributed by atoms with Crippen LogP contribution in [0.4, 0.5) is 0 Å². The van der Waals surface area contributed by atoms with E-state index in [1.807, 2.05) is 0 Å². The number of hydrogen-bond donors (Lipinski definition) is 0. The molecule has 0 fully saturated rings. The van der Waals surface area contributed by atoms with Gasteiger partial charge < -0.3 is 0 Å². The minimum Gasteiger partial charge on any atom is -0.103 e. The summed E-state index contributed by atoms with van der Waals surface area (Å²) in [7, 11) is 0. The normalized spacial score (nSPS) is 21.8. The molecule has 0 nitrogen and oxygen atoms in total. The van der Waals surface area contributed by atoms with Gasteiger partial charge in [-0.2, -0.15) is 0 Å². The zero-order valence-electron chi connectivity index (χ0n) is 13.0. The molecule has 2 heteroatoms. The van der Waals surface area contributed by atoms with E-state index in [-0.39, 0.29) is 40.7 Å². The van der Waals surface area contributed by atoms with Crippen molar-refractivity contribution in [2.24, 2.45) is 0 Å². The Hall–Kier alpha value is -0.548. The first-order chi connectivity index (χ1) is 10.9. The van der Waals surface area contributed by atoms with Gasteiger partial charge in [0.1, 0.15) is 0 Å². The van der Waals surface area contributed by atoms with Crippen LogP contribution < -0.4 is 0 Å². The maximum absolute atomic E-state index is 2.33. The van der Waals surface area contributed by atoms with Crippen molar-refractivity contribution in [3.05, 3.63) is 97.2 Å². The SMILES string of the molecule is C1=C[CH]([Mg][CH]2C=CC=C2)C=C1.C1=C[CH]([Mg][CH]2C=CC=C2)C=C1. The molecule has 0 amide bonds. The highest BCUT2D eigenvalue weighted by Crippen LogP contribution is 2.24. The predicted molar refractivity (Wildman–Crippen MR) is 99.6 cm³/mol. The molecule has 0 spiro atoms. The van der Waals surface area contributed by atoms with Crippen LogP contribution in [0.15, 0.2) is 97.2 Å². The quantitative estimate of drug-likeness (QED) is 0.638. The molecule has 0 saturated carbocycles. The maximum atomic E-state index is 2.33. The highest BCUT2D eigenvalue weighted by molar-refractivity contribution is 6.43. The Balaban J connectivity index is 0.000000131. The Morgan fingerprint density at radius 3 is 0.682 bits per heavy atom. The lowest BCUT2D eigenvalue weighted by atomic mass is 10.4. The van der Waals surface area contributed by atoms with E-state index >= 15 is 0 Å². The Morgan fingerprint density at radius 2 is 0.500 bits per heavy atom. The largest absolute Gasteiger partial charge is 0.397 e. The molecule has 4 rings (SSSR count). The van der Waals surface area contributed by atoms with Gasteiger partial charge in [0.2, 0.25) is 0 Å². The standard InChI is InChI=1S/4C5H5.2Mg/c4*1-2-4-5-3-1;;/h4*1-5H;;. The van der Waals surface area contributed by atoms with Crippen molar-refractivity contribution >= 4 is 40.7 Å². The number of rotatable bonds is 4. The Labute approximate surface area is 153 Å². The van der Waals surface area contributed by atoms with Crippen LogP contribution in [0.2, 0.25) is 16.2 Å². The van der Waals surface area contributed by atoms with Crippen molar-refractivity contribution in [2.75, 3.05) is 0 Å². The lowest BCUT2D eigenvalue weighted by Gasteiger charge is -2.04. The summed E-state index contributed by atoms with van der Waals surface area (Å²) in [6, 6.07) is 0. The van der Waals surface area contributed by atoms with Crippen molar-refractivity contribution in [2.45, 2.75) is 16.2 Å². The molecule has 0 aromatic rings. The molecule has 0 aromatic heterocycles. The van der Waals surface area contributed by atoms with E-state index in [0.29, 0.717) is 0 Å². The lowest BCUT2D eigenvalue weighted by molar-refractivity contribution is 1.28. The fourth-order valence-electron chi connectivity index (χ4n) is 3.17. The smallest absolute Gasteiger partial charge is 0.103 e. The Kier molecular flexibility index (Phi) is 6.62. The molecular formula is C20H20Mg2. The summed E-state index contributed by atoms with van der Waals surface area (Å²) in [5.41, 5.74) is 0. The molecule has 0 atom stereocenters. The second kappa shape index (κ2) is 8.92. The molecule has 0 N–H and O–H groups in total. The molecule has 104 valence electrons. The Morgan fingerprint density at radius 1 is 0.318 bits per heavy atom. The molecule has 0 heterocycles. The van der Waals surface area contributed by atoms with Gasteiger partial charge in [-0.25, -0.2) is 0 Å². The van der Waals surface area contributed by atoms with E-state index in [4.69, 9.17) is 0 Å². The summed E-state index contributed by atoms with van der Waals surface area (Å²) in [5, 5.41) is 0. The van der Waals surface area contributed by atoms with Crippen molar-refractivity contribution in [1.29, 1.82) is 0 Å². The van der Waals surface area contributed by atoms with Crippen LogP contribution >= 0.6 is 0 Å². The second-order valence-electron chi connectivity index (χ2n) is 6.21. The summed E-state index contributed by atoms with van der Waals surface area (Å²) in [5.74, 6) is 0. The lowest BCUT2D eigenvalue weighted by Crippen LogP contribution is -2.01. The third-order valence-corrected chi connectivity index (χ3v) is 8.75. The van der Waals surface area contributed by atoms with E-state index in [9.17, 15) is 0 Å². The highest BCUT2D eigenvalue weighted by atomic mass is 24.5. The Bertz CT molecular complexity index is 445. The summed E-state index contributed by atoms with van der Waals surface area (Å²) >= 11 is 0.0340. The zero-order chi connectivity index (χ0) is 15.0. The van der Waals surface area contributed by atoms with E-state index in [1.54, 1.807) is 0 Å². The monoisotopic (exact) mass is 308 g/mol. The van der Waals surface area contributed by atoms with Crippen LogP contribution in [0, 0.1) is 0 Å². The van der Waals surface area contributed by atoms with E-state index in [0.717, 1.165) is 16.2 Å². The van der Waals surface area contributed by atoms with Crippen molar-refractivity contribution in [1.82, 2.24) is 0 Å². The number of allylic oxidation sites excluding steroid dienone is 16. The minimum atomic E-state index is 0.0170. The van der Waals surface area contributed by atoms with E-state index in [2.05, 4.69) is 97.2 Å². The van der Waals surface area contributed by atoms with Gasteiger partial charge in [0.05, 0.1) is 0 Å². The van der Waals surface area contributed by atoms with Crippen molar-refractivity contribution in [3.63, 3.8) is 0 Å². The topological polar surface area (TPSA) is 0 Å². The van der Waals surface area contributed by atoms with Gasteiger partial charge in [-0.15, -0.1) is 48.6 Å². The van der Waals surface area contributed by atoms with Gasteiger partial charge >= 0.3 is 40.7 Å². The summed E-state index contributed by atoms with van der Waals surface area (Å²) < 4.78 is 3.25. The molecule has 0 aliphatic heterocycles. The molecule has 0 saturated heterocycles. The van der Waals surface area contributed by atoms with Gasteiger partial charge in [-0.1, -0.05) is 64.8 Å². The molecule has 0 unspecified atom stereocenters. The average Bonchev–Trinajstić information content (AvgIpc) is 3.31. The van der Waals surface area contributed by atoms with Crippen LogP contribution in [0.5, 0.6) is 0 Å². The first kappa shape index (κ1) is 16.3. The third-order valence-electron chi connectivity index (χ3n) is 4.40. The summed E-state index contributed by atoms with van der Waals surface area (Å²) in [6.07, 6.45) is 35.9. The first-order valence-corrected chi connectivity index (χ1v) is 11.6. The van der Waals surface area contributed by atoms with Crippen LogP contribution in [-0.2, 0) is 0 Å². The van der Waals surface area contributed by atoms with Crippen molar-refractivity contribution < 1.29 is 0 Å². The summed E-state index contributed by atoms with van der Waals surface area (Å²) in [4.78, 5) is 0. The fourth-order valence-corrected chi connectivity index (χ4v) is 6.94. The van der Waals surface area contributed by atoms with Crippen LogP contribution in [0.1, 0.15) is 0 Å². The van der Waals surface area contributed by atoms with E-state index < -0.39 is 0 Å². The van der Waals surface area contributed by atoms with Gasteiger partial charge in [0.25, 0.3) is 0 Å². The van der Waals surface area contributed by atoms with E-state index in [1.165, 1.54) is 0 Å². The molecule has 4 aliphatic rings. The first-order valence-electron chi connectivity index (χ1n) is 8.30. The zero-order valence-corrected chi connectivity index (χ0v) is 15.8. The highest BCUT2D eigenvalue weighted by Gasteiger charge is 2.16. The predicted octanol–water partition coefficient (Wildman–Crippen LogP) is 5.04. The van der Waals surface area contributed by atoms with Gasteiger partial charge in [0, 0.05) is 0 Å². The third kappa shape index (κ3) is 5.27. The summed E-state index contributed by atoms with van der Waals surface area (Å²) in [6.45, 7) is 0. The second-order valence-corrected chi connectivity index (χ2v) is 10.9. The van der Waals surface area contributed by atoms with Gasteiger partial charge in [-0.3, -0.25) is 0 Å². The molecule has 0 aromatic carbocycles. The minimum absolute atomic E-state index is 0.0170. The maximum Gasteiger partial charge on any atom is 0.397 e. The fraction of sp³-hybridized carbons (Fsp3) is 0.200. The molecule has 0 bridgehead atoms. The van der Waals surface area contributed by atoms with Crippen LogP contribution in [-0.4, -0.2) is 40.7 Å². The molecule has 4 aliphatic carbocycles. The van der Waals surface area contributed by atoms with Gasteiger partial charge in [0.15, 0.2) is 0 Å². The molecule has 22 heavy (non-hydrogen) atoms. The van der Waals surface area contributed by atoms with Crippen LogP contribution in [0.3, 0.4) is 0 Å². The number of hydrogen-bond acceptors (Lipinski definition) is 0. The van der Waals surface area contributed by atoms with Crippen LogP contribution in [0.25, 0.3) is 0 Å². The van der Waals surface area contributed by atoms with Crippen molar-refractivity contribution in [3.8, 4) is 0 Å². The molecule has 0 radical (unpaired) electrons. The van der Waals surface area contributed by atoms with Gasteiger partial charge in [-0.05, 0) is 0 Å².